The minimum atomic E-state index is 0.437. The van der Waals surface area contributed by atoms with E-state index in [4.69, 9.17) is 16.3 Å². The van der Waals surface area contributed by atoms with Crippen molar-refractivity contribution in [3.63, 3.8) is 0 Å². The SMILES string of the molecule is CCOC1CCN(c2ccc(Cl)cc2CNC2CC2)CC1. The number of hydrogen-bond acceptors (Lipinski definition) is 3. The van der Waals surface area contributed by atoms with Gasteiger partial charge in [-0.05, 0) is 56.4 Å². The Morgan fingerprint density at radius 2 is 2.00 bits per heavy atom. The molecule has 1 aliphatic carbocycles. The van der Waals surface area contributed by atoms with Crippen molar-refractivity contribution in [2.75, 3.05) is 24.6 Å². The molecule has 21 heavy (non-hydrogen) atoms. The maximum absolute atomic E-state index is 6.18. The number of piperidine rings is 1. The Bertz CT molecular complexity index is 468. The lowest BCUT2D eigenvalue weighted by Gasteiger charge is -2.34. The van der Waals surface area contributed by atoms with Crippen molar-refractivity contribution < 1.29 is 4.74 Å². The number of rotatable bonds is 6. The number of ether oxygens (including phenoxy) is 1. The molecule has 0 radical (unpaired) electrons. The van der Waals surface area contributed by atoms with Gasteiger partial charge in [0.05, 0.1) is 6.10 Å². The van der Waals surface area contributed by atoms with Gasteiger partial charge in [0.25, 0.3) is 0 Å². The quantitative estimate of drug-likeness (QED) is 0.869. The van der Waals surface area contributed by atoms with Crippen LogP contribution >= 0.6 is 11.6 Å². The molecule has 1 aromatic rings. The van der Waals surface area contributed by atoms with Crippen LogP contribution in [0.5, 0.6) is 0 Å². The topological polar surface area (TPSA) is 24.5 Å². The van der Waals surface area contributed by atoms with E-state index in [2.05, 4.69) is 29.3 Å². The van der Waals surface area contributed by atoms with Gasteiger partial charge in [-0.2, -0.15) is 0 Å². The van der Waals surface area contributed by atoms with E-state index in [9.17, 15) is 0 Å². The minimum Gasteiger partial charge on any atom is -0.378 e. The average Bonchev–Trinajstić information content (AvgIpc) is 3.31. The van der Waals surface area contributed by atoms with Crippen LogP contribution in [0.4, 0.5) is 5.69 Å². The monoisotopic (exact) mass is 308 g/mol. The summed E-state index contributed by atoms with van der Waals surface area (Å²) in [6, 6.07) is 7.01. The summed E-state index contributed by atoms with van der Waals surface area (Å²) in [5.74, 6) is 0. The standard InChI is InChI=1S/C17H25ClN2O/c1-2-21-16-7-9-20(10-8-16)17-6-3-14(18)11-13(17)12-19-15-4-5-15/h3,6,11,15-16,19H,2,4-5,7-10,12H2,1H3. The van der Waals surface area contributed by atoms with Crippen molar-refractivity contribution in [1.82, 2.24) is 5.32 Å². The first-order chi connectivity index (χ1) is 10.3. The van der Waals surface area contributed by atoms with Gasteiger partial charge in [0.2, 0.25) is 0 Å². The number of anilines is 1. The fraction of sp³-hybridized carbons (Fsp3) is 0.647. The van der Waals surface area contributed by atoms with Gasteiger partial charge in [0.15, 0.2) is 0 Å². The van der Waals surface area contributed by atoms with Gasteiger partial charge in [0.1, 0.15) is 0 Å². The zero-order chi connectivity index (χ0) is 14.7. The zero-order valence-corrected chi connectivity index (χ0v) is 13.5. The van der Waals surface area contributed by atoms with Crippen LogP contribution in [0.2, 0.25) is 5.02 Å². The van der Waals surface area contributed by atoms with E-state index in [0.29, 0.717) is 6.10 Å². The molecule has 0 unspecified atom stereocenters. The molecule has 4 heteroatoms. The number of benzene rings is 1. The summed E-state index contributed by atoms with van der Waals surface area (Å²) in [6.07, 6.45) is 5.30. The third-order valence-electron chi connectivity index (χ3n) is 4.39. The smallest absolute Gasteiger partial charge is 0.0608 e. The second-order valence-electron chi connectivity index (χ2n) is 6.07. The molecule has 1 saturated carbocycles. The van der Waals surface area contributed by atoms with Crippen molar-refractivity contribution in [1.29, 1.82) is 0 Å². The first-order valence-electron chi connectivity index (χ1n) is 8.14. The Morgan fingerprint density at radius 3 is 2.67 bits per heavy atom. The highest BCUT2D eigenvalue weighted by molar-refractivity contribution is 6.30. The summed E-state index contributed by atoms with van der Waals surface area (Å²) in [7, 11) is 0. The predicted molar refractivity (Wildman–Crippen MR) is 88.2 cm³/mol. The first kappa shape index (κ1) is 15.1. The molecule has 1 aliphatic heterocycles. The van der Waals surface area contributed by atoms with Gasteiger partial charge >= 0.3 is 0 Å². The van der Waals surface area contributed by atoms with Crippen LogP contribution < -0.4 is 10.2 Å². The normalized spacial score (nSPS) is 20.0. The molecule has 0 spiro atoms. The number of hydrogen-bond donors (Lipinski definition) is 1. The number of nitrogens with one attached hydrogen (secondary N) is 1. The molecule has 3 rings (SSSR count). The molecule has 1 N–H and O–H groups in total. The molecule has 2 aliphatic rings. The molecular formula is C17H25ClN2O. The maximum atomic E-state index is 6.18. The molecule has 0 aromatic heterocycles. The minimum absolute atomic E-state index is 0.437. The molecule has 2 fully saturated rings. The summed E-state index contributed by atoms with van der Waals surface area (Å²) < 4.78 is 5.74. The van der Waals surface area contributed by atoms with Crippen LogP contribution in [0.1, 0.15) is 38.2 Å². The fourth-order valence-corrected chi connectivity index (χ4v) is 3.24. The van der Waals surface area contributed by atoms with Gasteiger partial charge in [-0.3, -0.25) is 0 Å². The number of nitrogens with zero attached hydrogens (tertiary/aromatic N) is 1. The summed E-state index contributed by atoms with van der Waals surface area (Å²) in [5, 5.41) is 4.43. The lowest BCUT2D eigenvalue weighted by molar-refractivity contribution is 0.0459. The molecule has 1 aromatic carbocycles. The van der Waals surface area contributed by atoms with E-state index in [1.807, 2.05) is 6.07 Å². The summed E-state index contributed by atoms with van der Waals surface area (Å²) in [4.78, 5) is 2.48. The van der Waals surface area contributed by atoms with E-state index >= 15 is 0 Å². The van der Waals surface area contributed by atoms with Crippen LogP contribution in [0.15, 0.2) is 18.2 Å². The Hall–Kier alpha value is -0.770. The van der Waals surface area contributed by atoms with Crippen LogP contribution in [0.25, 0.3) is 0 Å². The lowest BCUT2D eigenvalue weighted by atomic mass is 10.0. The van der Waals surface area contributed by atoms with Crippen molar-refractivity contribution in [3.05, 3.63) is 28.8 Å². The van der Waals surface area contributed by atoms with Crippen LogP contribution in [-0.2, 0) is 11.3 Å². The third-order valence-corrected chi connectivity index (χ3v) is 4.62. The van der Waals surface area contributed by atoms with E-state index in [0.717, 1.165) is 50.1 Å². The summed E-state index contributed by atoms with van der Waals surface area (Å²) >= 11 is 6.18. The van der Waals surface area contributed by atoms with E-state index in [1.54, 1.807) is 0 Å². The maximum Gasteiger partial charge on any atom is 0.0608 e. The van der Waals surface area contributed by atoms with Crippen LogP contribution in [-0.4, -0.2) is 31.8 Å². The summed E-state index contributed by atoms with van der Waals surface area (Å²) in [5.41, 5.74) is 2.66. The summed E-state index contributed by atoms with van der Waals surface area (Å²) in [6.45, 7) is 5.97. The van der Waals surface area contributed by atoms with Crippen molar-refractivity contribution in [2.45, 2.75) is 51.3 Å². The van der Waals surface area contributed by atoms with Crippen molar-refractivity contribution in [2.24, 2.45) is 0 Å². The van der Waals surface area contributed by atoms with Gasteiger partial charge in [-0.1, -0.05) is 11.6 Å². The van der Waals surface area contributed by atoms with Gasteiger partial charge in [-0.15, -0.1) is 0 Å². The van der Waals surface area contributed by atoms with Crippen molar-refractivity contribution >= 4 is 17.3 Å². The molecular weight excluding hydrogens is 284 g/mol. The highest BCUT2D eigenvalue weighted by atomic mass is 35.5. The molecule has 1 saturated heterocycles. The second-order valence-corrected chi connectivity index (χ2v) is 6.51. The molecule has 0 atom stereocenters. The third kappa shape index (κ3) is 4.12. The largest absolute Gasteiger partial charge is 0.378 e. The van der Waals surface area contributed by atoms with E-state index < -0.39 is 0 Å². The van der Waals surface area contributed by atoms with Gasteiger partial charge in [-0.25, -0.2) is 0 Å². The average molecular weight is 309 g/mol. The Balaban J connectivity index is 1.66. The predicted octanol–water partition coefficient (Wildman–Crippen LogP) is 3.60. The zero-order valence-electron chi connectivity index (χ0n) is 12.8. The first-order valence-corrected chi connectivity index (χ1v) is 8.52. The van der Waals surface area contributed by atoms with E-state index in [1.165, 1.54) is 24.1 Å². The van der Waals surface area contributed by atoms with Gasteiger partial charge in [0, 0.05) is 43.0 Å². The Morgan fingerprint density at radius 1 is 1.24 bits per heavy atom. The Labute approximate surface area is 132 Å². The second kappa shape index (κ2) is 6.99. The van der Waals surface area contributed by atoms with Crippen LogP contribution in [0.3, 0.4) is 0 Å². The lowest BCUT2D eigenvalue weighted by Crippen LogP contribution is -2.37. The highest BCUT2D eigenvalue weighted by Gasteiger charge is 2.23. The Kier molecular flexibility index (Phi) is 5.04. The highest BCUT2D eigenvalue weighted by Crippen LogP contribution is 2.29. The molecule has 0 bridgehead atoms. The van der Waals surface area contributed by atoms with E-state index in [-0.39, 0.29) is 0 Å². The van der Waals surface area contributed by atoms with Crippen molar-refractivity contribution in [3.8, 4) is 0 Å². The molecule has 116 valence electrons. The number of halogens is 1. The fourth-order valence-electron chi connectivity index (χ4n) is 3.04. The van der Waals surface area contributed by atoms with Crippen LogP contribution in [0, 0.1) is 0 Å². The molecule has 3 nitrogen and oxygen atoms in total. The van der Waals surface area contributed by atoms with Gasteiger partial charge < -0.3 is 15.0 Å². The molecule has 1 heterocycles. The molecule has 0 amide bonds.